The Morgan fingerprint density at radius 2 is 1.65 bits per heavy atom. The van der Waals surface area contributed by atoms with E-state index < -0.39 is 5.82 Å². The standard InChI is InChI=1S/C17H24BrFO/c1-2-3-4-5-6-7-8-9-10-17(20)15-13-14(18)11-12-16(15)19/h11-13H,2-10H2,1H3. The summed E-state index contributed by atoms with van der Waals surface area (Å²) in [6.45, 7) is 2.21. The lowest BCUT2D eigenvalue weighted by Gasteiger charge is -2.04. The van der Waals surface area contributed by atoms with Crippen LogP contribution in [0.3, 0.4) is 0 Å². The Kier molecular flexibility index (Phi) is 8.75. The number of hydrogen-bond acceptors (Lipinski definition) is 1. The van der Waals surface area contributed by atoms with Crippen LogP contribution in [0.25, 0.3) is 0 Å². The van der Waals surface area contributed by atoms with Crippen LogP contribution < -0.4 is 0 Å². The molecule has 0 N–H and O–H groups in total. The minimum atomic E-state index is -0.419. The van der Waals surface area contributed by atoms with Crippen LogP contribution in [0.2, 0.25) is 0 Å². The van der Waals surface area contributed by atoms with Gasteiger partial charge in [-0.15, -0.1) is 0 Å². The molecule has 0 saturated heterocycles. The first-order valence-corrected chi connectivity index (χ1v) is 8.42. The first kappa shape index (κ1) is 17.4. The summed E-state index contributed by atoms with van der Waals surface area (Å²) in [6, 6.07) is 4.52. The van der Waals surface area contributed by atoms with Crippen LogP contribution in [0.15, 0.2) is 22.7 Å². The normalized spacial score (nSPS) is 10.8. The summed E-state index contributed by atoms with van der Waals surface area (Å²) in [6.07, 6.45) is 10.00. The maximum Gasteiger partial charge on any atom is 0.165 e. The second-order valence-electron chi connectivity index (χ2n) is 5.27. The maximum absolute atomic E-state index is 13.5. The summed E-state index contributed by atoms with van der Waals surface area (Å²) in [5.41, 5.74) is 0.210. The van der Waals surface area contributed by atoms with E-state index in [0.717, 1.165) is 17.3 Å². The van der Waals surface area contributed by atoms with Crippen molar-refractivity contribution >= 4 is 21.7 Å². The Balaban J connectivity index is 2.18. The molecule has 0 aliphatic carbocycles. The highest BCUT2D eigenvalue weighted by atomic mass is 79.9. The van der Waals surface area contributed by atoms with Crippen molar-refractivity contribution in [3.05, 3.63) is 34.1 Å². The van der Waals surface area contributed by atoms with E-state index in [2.05, 4.69) is 22.9 Å². The molecule has 0 fully saturated rings. The zero-order chi connectivity index (χ0) is 14.8. The first-order chi connectivity index (χ1) is 9.65. The lowest BCUT2D eigenvalue weighted by molar-refractivity contribution is 0.0975. The van der Waals surface area contributed by atoms with Gasteiger partial charge < -0.3 is 0 Å². The second-order valence-corrected chi connectivity index (χ2v) is 6.19. The fraction of sp³-hybridized carbons (Fsp3) is 0.588. The van der Waals surface area contributed by atoms with Crippen molar-refractivity contribution in [2.45, 2.75) is 64.7 Å². The fourth-order valence-corrected chi connectivity index (χ4v) is 2.63. The quantitative estimate of drug-likeness (QED) is 0.360. The molecule has 1 aromatic rings. The Hall–Kier alpha value is -0.700. The molecule has 1 rings (SSSR count). The number of carbonyl (C=O) groups is 1. The molecule has 0 heterocycles. The third-order valence-electron chi connectivity index (χ3n) is 3.49. The van der Waals surface area contributed by atoms with Crippen LogP contribution >= 0.6 is 15.9 Å². The molecule has 0 aliphatic rings. The van der Waals surface area contributed by atoms with E-state index in [9.17, 15) is 9.18 Å². The summed E-state index contributed by atoms with van der Waals surface area (Å²) in [4.78, 5) is 11.9. The predicted octanol–water partition coefficient (Wildman–Crippen LogP) is 6.30. The summed E-state index contributed by atoms with van der Waals surface area (Å²) in [5, 5.41) is 0. The van der Waals surface area contributed by atoms with Gasteiger partial charge in [-0.1, -0.05) is 67.8 Å². The van der Waals surface area contributed by atoms with E-state index in [4.69, 9.17) is 0 Å². The molecule has 0 aliphatic heterocycles. The van der Waals surface area contributed by atoms with Gasteiger partial charge in [0, 0.05) is 10.9 Å². The van der Waals surface area contributed by atoms with Crippen LogP contribution in [-0.4, -0.2) is 5.78 Å². The summed E-state index contributed by atoms with van der Waals surface area (Å²) in [7, 11) is 0. The van der Waals surface area contributed by atoms with E-state index in [0.29, 0.717) is 6.42 Å². The molecule has 0 amide bonds. The molecule has 0 aromatic heterocycles. The van der Waals surface area contributed by atoms with Crippen molar-refractivity contribution in [2.24, 2.45) is 0 Å². The van der Waals surface area contributed by atoms with Gasteiger partial charge in [0.05, 0.1) is 5.56 Å². The van der Waals surface area contributed by atoms with Crippen molar-refractivity contribution in [2.75, 3.05) is 0 Å². The van der Waals surface area contributed by atoms with Gasteiger partial charge >= 0.3 is 0 Å². The molecular formula is C17H24BrFO. The maximum atomic E-state index is 13.5. The molecule has 1 aromatic carbocycles. The minimum Gasteiger partial charge on any atom is -0.294 e. The number of ketones is 1. The van der Waals surface area contributed by atoms with Gasteiger partial charge in [-0.3, -0.25) is 4.79 Å². The third-order valence-corrected chi connectivity index (χ3v) is 3.98. The second kappa shape index (κ2) is 10.1. The van der Waals surface area contributed by atoms with E-state index in [-0.39, 0.29) is 11.3 Å². The molecule has 0 saturated carbocycles. The monoisotopic (exact) mass is 342 g/mol. The molecule has 0 unspecified atom stereocenters. The highest BCUT2D eigenvalue weighted by Crippen LogP contribution is 2.18. The fourth-order valence-electron chi connectivity index (χ4n) is 2.27. The molecule has 0 radical (unpaired) electrons. The molecule has 112 valence electrons. The van der Waals surface area contributed by atoms with E-state index >= 15 is 0 Å². The highest BCUT2D eigenvalue weighted by Gasteiger charge is 2.11. The van der Waals surface area contributed by atoms with Crippen molar-refractivity contribution in [3.8, 4) is 0 Å². The van der Waals surface area contributed by atoms with Gasteiger partial charge in [0.25, 0.3) is 0 Å². The SMILES string of the molecule is CCCCCCCCCCC(=O)c1cc(Br)ccc1F. The molecule has 20 heavy (non-hydrogen) atoms. The number of rotatable bonds is 10. The Morgan fingerprint density at radius 3 is 2.30 bits per heavy atom. The number of benzene rings is 1. The number of carbonyl (C=O) groups excluding carboxylic acids is 1. The number of halogens is 2. The minimum absolute atomic E-state index is 0.0882. The van der Waals surface area contributed by atoms with Gasteiger partial charge in [-0.25, -0.2) is 4.39 Å². The van der Waals surface area contributed by atoms with Gasteiger partial charge in [0.15, 0.2) is 5.78 Å². The Bertz CT molecular complexity index is 417. The molecular weight excluding hydrogens is 319 g/mol. The van der Waals surface area contributed by atoms with Crippen molar-refractivity contribution < 1.29 is 9.18 Å². The van der Waals surface area contributed by atoms with Crippen molar-refractivity contribution in [1.29, 1.82) is 0 Å². The molecule has 1 nitrogen and oxygen atoms in total. The Labute approximate surface area is 130 Å². The van der Waals surface area contributed by atoms with E-state index in [1.54, 1.807) is 12.1 Å². The van der Waals surface area contributed by atoms with Crippen LogP contribution in [-0.2, 0) is 0 Å². The van der Waals surface area contributed by atoms with Crippen LogP contribution in [0.4, 0.5) is 4.39 Å². The average Bonchev–Trinajstić information content (AvgIpc) is 2.44. The van der Waals surface area contributed by atoms with Crippen LogP contribution in [0.5, 0.6) is 0 Å². The molecule has 0 atom stereocenters. The highest BCUT2D eigenvalue weighted by molar-refractivity contribution is 9.10. The Morgan fingerprint density at radius 1 is 1.05 bits per heavy atom. The zero-order valence-corrected chi connectivity index (χ0v) is 13.8. The first-order valence-electron chi connectivity index (χ1n) is 7.63. The summed E-state index contributed by atoms with van der Waals surface area (Å²) >= 11 is 3.27. The third kappa shape index (κ3) is 6.65. The van der Waals surface area contributed by atoms with Gasteiger partial charge in [0.2, 0.25) is 0 Å². The number of hydrogen-bond donors (Lipinski definition) is 0. The average molecular weight is 343 g/mol. The molecule has 0 bridgehead atoms. The molecule has 0 spiro atoms. The zero-order valence-electron chi connectivity index (χ0n) is 12.3. The number of unbranched alkanes of at least 4 members (excludes halogenated alkanes) is 7. The number of Topliss-reactive ketones (excluding diaryl/α,β-unsaturated/α-hetero) is 1. The summed E-state index contributed by atoms with van der Waals surface area (Å²) < 4.78 is 14.3. The van der Waals surface area contributed by atoms with Crippen molar-refractivity contribution in [1.82, 2.24) is 0 Å². The van der Waals surface area contributed by atoms with E-state index in [1.807, 2.05) is 0 Å². The smallest absolute Gasteiger partial charge is 0.165 e. The van der Waals surface area contributed by atoms with Gasteiger partial charge in [-0.2, -0.15) is 0 Å². The lowest BCUT2D eigenvalue weighted by Crippen LogP contribution is -2.02. The van der Waals surface area contributed by atoms with Crippen molar-refractivity contribution in [3.63, 3.8) is 0 Å². The topological polar surface area (TPSA) is 17.1 Å². The largest absolute Gasteiger partial charge is 0.294 e. The van der Waals surface area contributed by atoms with Crippen LogP contribution in [0, 0.1) is 5.82 Å². The predicted molar refractivity (Wildman–Crippen MR) is 85.7 cm³/mol. The molecule has 3 heteroatoms. The van der Waals surface area contributed by atoms with Crippen LogP contribution in [0.1, 0.15) is 75.1 Å². The van der Waals surface area contributed by atoms with Gasteiger partial charge in [0.1, 0.15) is 5.82 Å². The summed E-state index contributed by atoms with van der Waals surface area (Å²) in [5.74, 6) is -0.507. The lowest BCUT2D eigenvalue weighted by atomic mass is 10.0. The van der Waals surface area contributed by atoms with E-state index in [1.165, 1.54) is 44.6 Å². The van der Waals surface area contributed by atoms with Gasteiger partial charge in [-0.05, 0) is 24.6 Å².